The van der Waals surface area contributed by atoms with E-state index in [1.54, 1.807) is 10.9 Å². The van der Waals surface area contributed by atoms with Crippen LogP contribution in [-0.4, -0.2) is 28.4 Å². The Bertz CT molecular complexity index is 407. The highest BCUT2D eigenvalue weighted by Crippen LogP contribution is 2.36. The van der Waals surface area contributed by atoms with Crippen LogP contribution in [0.15, 0.2) is 6.20 Å². The van der Waals surface area contributed by atoms with Gasteiger partial charge in [0.25, 0.3) is 0 Å². The molecule has 1 saturated carbocycles. The number of aromatic nitrogens is 2. The van der Waals surface area contributed by atoms with Crippen molar-refractivity contribution in [3.63, 3.8) is 0 Å². The van der Waals surface area contributed by atoms with Crippen molar-refractivity contribution in [3.05, 3.63) is 17.5 Å². The van der Waals surface area contributed by atoms with Crippen molar-refractivity contribution < 1.29 is 9.53 Å². The molecule has 16 heavy (non-hydrogen) atoms. The first-order chi connectivity index (χ1) is 7.56. The van der Waals surface area contributed by atoms with Crippen molar-refractivity contribution >= 4 is 5.97 Å². The summed E-state index contributed by atoms with van der Waals surface area (Å²) >= 11 is 0. The molecule has 1 heterocycles. The van der Waals surface area contributed by atoms with Crippen LogP contribution in [0.4, 0.5) is 0 Å². The van der Waals surface area contributed by atoms with E-state index in [0.29, 0.717) is 5.56 Å². The maximum Gasteiger partial charge on any atom is 0.341 e. The third-order valence-electron chi connectivity index (χ3n) is 3.22. The van der Waals surface area contributed by atoms with Crippen LogP contribution in [0.3, 0.4) is 0 Å². The molecule has 1 aliphatic rings. The molecule has 0 radical (unpaired) electrons. The van der Waals surface area contributed by atoms with E-state index in [-0.39, 0.29) is 11.5 Å². The molecule has 2 rings (SSSR count). The maximum absolute atomic E-state index is 11.5. The molecule has 2 N–H and O–H groups in total. The van der Waals surface area contributed by atoms with E-state index < -0.39 is 0 Å². The molecule has 0 bridgehead atoms. The van der Waals surface area contributed by atoms with E-state index >= 15 is 0 Å². The fraction of sp³-hybridized carbons (Fsp3) is 0.636. The van der Waals surface area contributed by atoms with Crippen molar-refractivity contribution in [2.75, 3.05) is 7.11 Å². The normalized spacial score (nSPS) is 17.2. The van der Waals surface area contributed by atoms with Gasteiger partial charge in [0.05, 0.1) is 19.0 Å². The van der Waals surface area contributed by atoms with Gasteiger partial charge in [-0.2, -0.15) is 5.10 Å². The monoisotopic (exact) mass is 223 g/mol. The van der Waals surface area contributed by atoms with Crippen molar-refractivity contribution in [2.24, 2.45) is 12.8 Å². The Morgan fingerprint density at radius 1 is 1.69 bits per heavy atom. The van der Waals surface area contributed by atoms with E-state index in [2.05, 4.69) is 5.10 Å². The van der Waals surface area contributed by atoms with Crippen LogP contribution < -0.4 is 5.73 Å². The fourth-order valence-electron chi connectivity index (χ4n) is 1.82. The average Bonchev–Trinajstić information content (AvgIpc) is 2.88. The third kappa shape index (κ3) is 2.09. The van der Waals surface area contributed by atoms with Gasteiger partial charge in [0.15, 0.2) is 0 Å². The second-order valence-corrected chi connectivity index (χ2v) is 4.48. The van der Waals surface area contributed by atoms with E-state index in [4.69, 9.17) is 10.5 Å². The molecule has 88 valence electrons. The van der Waals surface area contributed by atoms with Gasteiger partial charge in [-0.3, -0.25) is 4.68 Å². The molecule has 1 aromatic rings. The molecule has 1 aliphatic carbocycles. The van der Waals surface area contributed by atoms with Crippen LogP contribution in [-0.2, 0) is 18.2 Å². The van der Waals surface area contributed by atoms with Gasteiger partial charge < -0.3 is 10.5 Å². The Morgan fingerprint density at radius 3 is 2.94 bits per heavy atom. The molecule has 5 nitrogen and oxygen atoms in total. The minimum atomic E-state index is -0.329. The van der Waals surface area contributed by atoms with E-state index in [0.717, 1.165) is 31.4 Å². The lowest BCUT2D eigenvalue weighted by molar-refractivity contribution is 0.0599. The summed E-state index contributed by atoms with van der Waals surface area (Å²) in [4.78, 5) is 11.5. The SMILES string of the molecule is COC(=O)c1cnn(C)c1CCC1(N)CC1. The zero-order chi connectivity index (χ0) is 11.8. The van der Waals surface area contributed by atoms with Gasteiger partial charge in [-0.1, -0.05) is 0 Å². The summed E-state index contributed by atoms with van der Waals surface area (Å²) in [7, 11) is 3.21. The van der Waals surface area contributed by atoms with Gasteiger partial charge in [-0.05, 0) is 25.7 Å². The molecular formula is C11H17N3O2. The summed E-state index contributed by atoms with van der Waals surface area (Å²) in [6.45, 7) is 0. The van der Waals surface area contributed by atoms with Crippen LogP contribution >= 0.6 is 0 Å². The zero-order valence-corrected chi connectivity index (χ0v) is 9.69. The molecule has 0 spiro atoms. The lowest BCUT2D eigenvalue weighted by Crippen LogP contribution is -2.23. The number of carbonyl (C=O) groups excluding carboxylic acids is 1. The van der Waals surface area contributed by atoms with Crippen molar-refractivity contribution in [3.8, 4) is 0 Å². The van der Waals surface area contributed by atoms with Crippen LogP contribution in [0.1, 0.15) is 35.3 Å². The van der Waals surface area contributed by atoms with Crippen LogP contribution in [0.2, 0.25) is 0 Å². The average molecular weight is 223 g/mol. The first-order valence-corrected chi connectivity index (χ1v) is 5.44. The summed E-state index contributed by atoms with van der Waals surface area (Å²) < 4.78 is 6.43. The van der Waals surface area contributed by atoms with Crippen LogP contribution in [0.25, 0.3) is 0 Å². The third-order valence-corrected chi connectivity index (χ3v) is 3.22. The number of nitrogens with zero attached hydrogens (tertiary/aromatic N) is 2. The summed E-state index contributed by atoms with van der Waals surface area (Å²) in [6, 6.07) is 0. The Balaban J connectivity index is 2.11. The lowest BCUT2D eigenvalue weighted by Gasteiger charge is -2.09. The van der Waals surface area contributed by atoms with Gasteiger partial charge in [-0.15, -0.1) is 0 Å². The summed E-state index contributed by atoms with van der Waals surface area (Å²) in [5.74, 6) is -0.329. The summed E-state index contributed by atoms with van der Waals surface area (Å²) in [5, 5.41) is 4.08. The van der Waals surface area contributed by atoms with Crippen molar-refractivity contribution in [2.45, 2.75) is 31.2 Å². The van der Waals surface area contributed by atoms with Crippen molar-refractivity contribution in [1.82, 2.24) is 9.78 Å². The number of aryl methyl sites for hydroxylation is 1. The molecule has 0 saturated heterocycles. The van der Waals surface area contributed by atoms with Crippen molar-refractivity contribution in [1.29, 1.82) is 0 Å². The maximum atomic E-state index is 11.5. The number of carbonyl (C=O) groups is 1. The molecule has 1 fully saturated rings. The number of rotatable bonds is 4. The topological polar surface area (TPSA) is 70.1 Å². The fourth-order valence-corrected chi connectivity index (χ4v) is 1.82. The molecule has 0 atom stereocenters. The summed E-state index contributed by atoms with van der Waals surface area (Å²) in [5.41, 5.74) is 7.48. The Hall–Kier alpha value is -1.36. The van der Waals surface area contributed by atoms with Gasteiger partial charge in [0.1, 0.15) is 5.56 Å². The lowest BCUT2D eigenvalue weighted by atomic mass is 10.1. The Labute approximate surface area is 94.6 Å². The molecule has 0 unspecified atom stereocenters. The predicted octanol–water partition coefficient (Wildman–Crippen LogP) is 0.631. The molecule has 5 heteroatoms. The highest BCUT2D eigenvalue weighted by Gasteiger charge is 2.37. The highest BCUT2D eigenvalue weighted by molar-refractivity contribution is 5.90. The molecular weight excluding hydrogens is 206 g/mol. The highest BCUT2D eigenvalue weighted by atomic mass is 16.5. The van der Waals surface area contributed by atoms with Gasteiger partial charge in [-0.25, -0.2) is 4.79 Å². The number of ether oxygens (including phenoxy) is 1. The quantitative estimate of drug-likeness (QED) is 0.760. The van der Waals surface area contributed by atoms with E-state index in [1.165, 1.54) is 7.11 Å². The smallest absolute Gasteiger partial charge is 0.341 e. The van der Waals surface area contributed by atoms with Crippen LogP contribution in [0.5, 0.6) is 0 Å². The number of esters is 1. The van der Waals surface area contributed by atoms with Gasteiger partial charge in [0, 0.05) is 12.6 Å². The second-order valence-electron chi connectivity index (χ2n) is 4.48. The Kier molecular flexibility index (Phi) is 2.71. The minimum Gasteiger partial charge on any atom is -0.465 e. The molecule has 0 amide bonds. The van der Waals surface area contributed by atoms with Gasteiger partial charge in [0.2, 0.25) is 0 Å². The van der Waals surface area contributed by atoms with E-state index in [1.807, 2.05) is 7.05 Å². The number of methoxy groups -OCH3 is 1. The standard InChI is InChI=1S/C11H17N3O2/c1-14-9(3-4-11(12)5-6-11)8(7-13-14)10(15)16-2/h7H,3-6,12H2,1-2H3. The molecule has 0 aromatic carbocycles. The van der Waals surface area contributed by atoms with E-state index in [9.17, 15) is 4.79 Å². The van der Waals surface area contributed by atoms with Crippen LogP contribution in [0, 0.1) is 0 Å². The van der Waals surface area contributed by atoms with Gasteiger partial charge >= 0.3 is 5.97 Å². The number of hydrogen-bond acceptors (Lipinski definition) is 4. The first-order valence-electron chi connectivity index (χ1n) is 5.44. The zero-order valence-electron chi connectivity index (χ0n) is 9.69. The largest absolute Gasteiger partial charge is 0.465 e. The summed E-state index contributed by atoms with van der Waals surface area (Å²) in [6.07, 6.45) is 5.39. The molecule has 1 aromatic heterocycles. The second kappa shape index (κ2) is 3.90. The molecule has 0 aliphatic heterocycles. The number of hydrogen-bond donors (Lipinski definition) is 1. The Morgan fingerprint density at radius 2 is 2.38 bits per heavy atom. The number of nitrogens with two attached hydrogens (primary N) is 1. The minimum absolute atomic E-state index is 0.00232. The predicted molar refractivity (Wildman–Crippen MR) is 59.0 cm³/mol. The first kappa shape index (κ1) is 11.1.